The lowest BCUT2D eigenvalue weighted by Crippen LogP contribution is -2.33. The van der Waals surface area contributed by atoms with Gasteiger partial charge in [0.2, 0.25) is 5.91 Å². The molecule has 1 saturated carbocycles. The Kier molecular flexibility index (Phi) is 3.08. The molecule has 2 rings (SSSR count). The average molecular weight is 249 g/mol. The standard InChI is InChI=1S/C13H13ClN2O/c1-16(12(17)13(9-15)6-7-13)8-10-4-2-3-5-11(10)14/h2-5H,6-8H2,1H3. The molecule has 88 valence electrons. The summed E-state index contributed by atoms with van der Waals surface area (Å²) in [6.45, 7) is 0.446. The molecule has 0 heterocycles. The van der Waals surface area contributed by atoms with Crippen LogP contribution in [0.4, 0.5) is 0 Å². The highest BCUT2D eigenvalue weighted by molar-refractivity contribution is 6.31. The van der Waals surface area contributed by atoms with Crippen molar-refractivity contribution in [3.05, 3.63) is 34.9 Å². The predicted octanol–water partition coefficient (Wildman–Crippen LogP) is 2.60. The Bertz CT molecular complexity index is 488. The van der Waals surface area contributed by atoms with Crippen LogP contribution < -0.4 is 0 Å². The van der Waals surface area contributed by atoms with Crippen molar-refractivity contribution in [3.8, 4) is 6.07 Å². The molecule has 1 aromatic rings. The van der Waals surface area contributed by atoms with Gasteiger partial charge in [-0.2, -0.15) is 5.26 Å². The Morgan fingerprint density at radius 3 is 2.71 bits per heavy atom. The monoisotopic (exact) mass is 248 g/mol. The van der Waals surface area contributed by atoms with Gasteiger partial charge in [0.25, 0.3) is 0 Å². The van der Waals surface area contributed by atoms with E-state index >= 15 is 0 Å². The van der Waals surface area contributed by atoms with Crippen molar-refractivity contribution in [2.45, 2.75) is 19.4 Å². The molecule has 0 saturated heterocycles. The van der Waals surface area contributed by atoms with E-state index in [4.69, 9.17) is 16.9 Å². The van der Waals surface area contributed by atoms with E-state index < -0.39 is 5.41 Å². The van der Waals surface area contributed by atoms with Crippen LogP contribution in [0.25, 0.3) is 0 Å². The average Bonchev–Trinajstić information content (AvgIpc) is 3.12. The van der Waals surface area contributed by atoms with Crippen molar-refractivity contribution < 1.29 is 4.79 Å². The molecule has 1 aliphatic carbocycles. The molecule has 3 nitrogen and oxygen atoms in total. The van der Waals surface area contributed by atoms with E-state index in [0.717, 1.165) is 5.56 Å². The molecule has 0 spiro atoms. The minimum absolute atomic E-state index is 0.0973. The zero-order chi connectivity index (χ0) is 12.5. The van der Waals surface area contributed by atoms with Crippen molar-refractivity contribution >= 4 is 17.5 Å². The molecule has 0 atom stereocenters. The fourth-order valence-corrected chi connectivity index (χ4v) is 2.01. The van der Waals surface area contributed by atoms with Crippen LogP contribution in [0.3, 0.4) is 0 Å². The summed E-state index contributed by atoms with van der Waals surface area (Å²) in [5.74, 6) is -0.0973. The zero-order valence-corrected chi connectivity index (χ0v) is 10.4. The van der Waals surface area contributed by atoms with Gasteiger partial charge in [0.15, 0.2) is 0 Å². The third-order valence-corrected chi connectivity index (χ3v) is 3.45. The molecule has 17 heavy (non-hydrogen) atoms. The molecular formula is C13H13ClN2O. The Morgan fingerprint density at radius 2 is 2.18 bits per heavy atom. The van der Waals surface area contributed by atoms with Gasteiger partial charge in [0, 0.05) is 18.6 Å². The number of amides is 1. The van der Waals surface area contributed by atoms with Crippen molar-refractivity contribution in [1.82, 2.24) is 4.90 Å². The first kappa shape index (κ1) is 11.9. The van der Waals surface area contributed by atoms with Crippen LogP contribution in [0, 0.1) is 16.7 Å². The van der Waals surface area contributed by atoms with Gasteiger partial charge in [-0.05, 0) is 24.5 Å². The van der Waals surface area contributed by atoms with Crippen molar-refractivity contribution in [1.29, 1.82) is 5.26 Å². The Labute approximate surface area is 106 Å². The Hall–Kier alpha value is -1.53. The third kappa shape index (κ3) is 2.27. The van der Waals surface area contributed by atoms with Gasteiger partial charge in [0.05, 0.1) is 6.07 Å². The second kappa shape index (κ2) is 4.38. The maximum atomic E-state index is 12.0. The fraction of sp³-hybridized carbons (Fsp3) is 0.385. The summed E-state index contributed by atoms with van der Waals surface area (Å²) in [6.07, 6.45) is 1.35. The number of hydrogen-bond acceptors (Lipinski definition) is 2. The first-order valence-corrected chi connectivity index (χ1v) is 5.87. The van der Waals surface area contributed by atoms with Crippen molar-refractivity contribution in [3.63, 3.8) is 0 Å². The second-order valence-corrected chi connectivity index (χ2v) is 4.85. The maximum absolute atomic E-state index is 12.0. The molecule has 1 aliphatic rings. The van der Waals surface area contributed by atoms with E-state index in [-0.39, 0.29) is 5.91 Å². The topological polar surface area (TPSA) is 44.1 Å². The van der Waals surface area contributed by atoms with Gasteiger partial charge < -0.3 is 4.90 Å². The summed E-state index contributed by atoms with van der Waals surface area (Å²) in [5, 5.41) is 9.62. The first-order valence-electron chi connectivity index (χ1n) is 5.49. The summed E-state index contributed by atoms with van der Waals surface area (Å²) in [7, 11) is 1.71. The molecule has 0 bridgehead atoms. The Morgan fingerprint density at radius 1 is 1.53 bits per heavy atom. The third-order valence-electron chi connectivity index (χ3n) is 3.09. The minimum atomic E-state index is -0.754. The minimum Gasteiger partial charge on any atom is -0.340 e. The number of carbonyl (C=O) groups excluding carboxylic acids is 1. The van der Waals surface area contributed by atoms with E-state index in [1.807, 2.05) is 18.2 Å². The summed E-state index contributed by atoms with van der Waals surface area (Å²) in [6, 6.07) is 9.53. The van der Waals surface area contributed by atoms with Crippen LogP contribution in [0.5, 0.6) is 0 Å². The summed E-state index contributed by atoms with van der Waals surface area (Å²) >= 11 is 6.03. The van der Waals surface area contributed by atoms with Crippen LogP contribution in [0.15, 0.2) is 24.3 Å². The first-order chi connectivity index (χ1) is 8.09. The SMILES string of the molecule is CN(Cc1ccccc1Cl)C(=O)C1(C#N)CC1. The van der Waals surface area contributed by atoms with Crippen LogP contribution in [-0.2, 0) is 11.3 Å². The number of hydrogen-bond donors (Lipinski definition) is 0. The van der Waals surface area contributed by atoms with E-state index in [9.17, 15) is 4.79 Å². The number of benzene rings is 1. The maximum Gasteiger partial charge on any atom is 0.243 e. The van der Waals surface area contributed by atoms with Gasteiger partial charge in [-0.3, -0.25) is 4.79 Å². The molecule has 0 radical (unpaired) electrons. The van der Waals surface area contributed by atoms with Gasteiger partial charge >= 0.3 is 0 Å². The van der Waals surface area contributed by atoms with E-state index in [1.54, 1.807) is 18.0 Å². The van der Waals surface area contributed by atoms with Gasteiger partial charge in [0.1, 0.15) is 5.41 Å². The second-order valence-electron chi connectivity index (χ2n) is 4.45. The highest BCUT2D eigenvalue weighted by Gasteiger charge is 2.51. The smallest absolute Gasteiger partial charge is 0.243 e. The molecule has 1 amide bonds. The summed E-state index contributed by atoms with van der Waals surface area (Å²) in [5.41, 5.74) is 0.148. The van der Waals surface area contributed by atoms with E-state index in [2.05, 4.69) is 6.07 Å². The summed E-state index contributed by atoms with van der Waals surface area (Å²) < 4.78 is 0. The van der Waals surface area contributed by atoms with Crippen LogP contribution in [-0.4, -0.2) is 17.9 Å². The number of nitrogens with zero attached hydrogens (tertiary/aromatic N) is 2. The molecule has 0 N–H and O–H groups in total. The quantitative estimate of drug-likeness (QED) is 0.825. The van der Waals surface area contributed by atoms with Gasteiger partial charge in [-0.15, -0.1) is 0 Å². The lowest BCUT2D eigenvalue weighted by Gasteiger charge is -2.20. The van der Waals surface area contributed by atoms with Gasteiger partial charge in [-0.25, -0.2) is 0 Å². The van der Waals surface area contributed by atoms with Gasteiger partial charge in [-0.1, -0.05) is 29.8 Å². The molecule has 0 aromatic heterocycles. The predicted molar refractivity (Wildman–Crippen MR) is 65.2 cm³/mol. The van der Waals surface area contributed by atoms with Crippen molar-refractivity contribution in [2.24, 2.45) is 5.41 Å². The highest BCUT2D eigenvalue weighted by Crippen LogP contribution is 2.46. The van der Waals surface area contributed by atoms with E-state index in [1.165, 1.54) is 0 Å². The largest absolute Gasteiger partial charge is 0.340 e. The molecule has 0 aliphatic heterocycles. The number of rotatable bonds is 3. The normalized spacial score (nSPS) is 16.1. The highest BCUT2D eigenvalue weighted by atomic mass is 35.5. The molecule has 4 heteroatoms. The number of nitriles is 1. The molecule has 1 aromatic carbocycles. The lowest BCUT2D eigenvalue weighted by atomic mass is 10.1. The molecule has 0 unspecified atom stereocenters. The fourth-order valence-electron chi connectivity index (χ4n) is 1.82. The number of halogens is 1. The lowest BCUT2D eigenvalue weighted by molar-refractivity contribution is -0.134. The van der Waals surface area contributed by atoms with Crippen LogP contribution in [0.2, 0.25) is 5.02 Å². The van der Waals surface area contributed by atoms with Crippen LogP contribution >= 0.6 is 11.6 Å². The molecular weight excluding hydrogens is 236 g/mol. The van der Waals surface area contributed by atoms with E-state index in [0.29, 0.717) is 24.4 Å². The van der Waals surface area contributed by atoms with Crippen LogP contribution in [0.1, 0.15) is 18.4 Å². The Balaban J connectivity index is 2.08. The number of carbonyl (C=O) groups is 1. The summed E-state index contributed by atoms with van der Waals surface area (Å²) in [4.78, 5) is 13.6. The zero-order valence-electron chi connectivity index (χ0n) is 9.61. The molecule has 1 fully saturated rings. The van der Waals surface area contributed by atoms with Crippen molar-refractivity contribution in [2.75, 3.05) is 7.05 Å².